The molecule has 0 aliphatic carbocycles. The number of nitro benzene ring substituents is 1. The Hall–Kier alpha value is -3.75. The minimum Gasteiger partial charge on any atom is -0.365 e. The minimum atomic E-state index is -0.667. The first kappa shape index (κ1) is 16.1. The second-order valence-electron chi connectivity index (χ2n) is 5.20. The highest BCUT2D eigenvalue weighted by Crippen LogP contribution is 2.30. The predicted octanol–water partition coefficient (Wildman–Crippen LogP) is 2.23. The summed E-state index contributed by atoms with van der Waals surface area (Å²) in [5.74, 6) is 0.252. The Morgan fingerprint density at radius 1 is 1.24 bits per heavy atom. The van der Waals surface area contributed by atoms with E-state index < -0.39 is 10.8 Å². The van der Waals surface area contributed by atoms with Crippen molar-refractivity contribution in [1.82, 2.24) is 14.8 Å². The fourth-order valence-corrected chi connectivity index (χ4v) is 2.40. The van der Waals surface area contributed by atoms with Crippen LogP contribution < -0.4 is 11.1 Å². The Morgan fingerprint density at radius 3 is 2.52 bits per heavy atom. The largest absolute Gasteiger partial charge is 0.365 e. The number of rotatable bonds is 5. The first-order chi connectivity index (χ1) is 12.0. The van der Waals surface area contributed by atoms with Gasteiger partial charge in [-0.1, -0.05) is 6.07 Å². The van der Waals surface area contributed by atoms with Gasteiger partial charge >= 0.3 is 0 Å². The fourth-order valence-electron chi connectivity index (χ4n) is 2.40. The number of non-ortho nitro benzene ring substituents is 1. The molecule has 2 aromatic heterocycles. The summed E-state index contributed by atoms with van der Waals surface area (Å²) in [4.78, 5) is 26.4. The van der Waals surface area contributed by atoms with Crippen LogP contribution in [0.2, 0.25) is 0 Å². The molecule has 0 bridgehead atoms. The third-order valence-electron chi connectivity index (χ3n) is 3.56. The number of hydrogen-bond acceptors (Lipinski definition) is 6. The molecule has 0 atom stereocenters. The molecule has 0 aliphatic rings. The van der Waals surface area contributed by atoms with Crippen molar-refractivity contribution < 1.29 is 9.72 Å². The smallest absolute Gasteiger partial charge is 0.269 e. The van der Waals surface area contributed by atoms with Crippen molar-refractivity contribution in [2.45, 2.75) is 0 Å². The number of primary amides is 1. The second-order valence-corrected chi connectivity index (χ2v) is 5.20. The van der Waals surface area contributed by atoms with Crippen LogP contribution in [0, 0.1) is 10.1 Å². The molecule has 0 saturated heterocycles. The lowest BCUT2D eigenvalue weighted by atomic mass is 10.1. The molecule has 25 heavy (non-hydrogen) atoms. The van der Waals surface area contributed by atoms with Crippen LogP contribution in [0.3, 0.4) is 0 Å². The zero-order valence-electron chi connectivity index (χ0n) is 13.2. The molecule has 0 radical (unpaired) electrons. The van der Waals surface area contributed by atoms with Crippen LogP contribution in [0.15, 0.2) is 48.7 Å². The Kier molecular flexibility index (Phi) is 4.12. The molecule has 0 unspecified atom stereocenters. The van der Waals surface area contributed by atoms with Crippen LogP contribution in [0.25, 0.3) is 11.3 Å². The number of benzene rings is 1. The minimum absolute atomic E-state index is 0.0489. The highest BCUT2D eigenvalue weighted by Gasteiger charge is 2.22. The van der Waals surface area contributed by atoms with E-state index in [1.165, 1.54) is 28.9 Å². The van der Waals surface area contributed by atoms with Crippen molar-refractivity contribution in [3.8, 4) is 11.3 Å². The Morgan fingerprint density at radius 2 is 1.96 bits per heavy atom. The maximum Gasteiger partial charge on any atom is 0.269 e. The van der Waals surface area contributed by atoms with Crippen molar-refractivity contribution >= 4 is 23.2 Å². The number of nitro groups is 1. The number of pyridine rings is 1. The highest BCUT2D eigenvalue weighted by molar-refractivity contribution is 6.04. The molecule has 3 aromatic rings. The molecule has 3 rings (SSSR count). The number of nitrogens with one attached hydrogen (secondary N) is 1. The van der Waals surface area contributed by atoms with Crippen LogP contribution in [0.1, 0.15) is 10.4 Å². The van der Waals surface area contributed by atoms with E-state index >= 15 is 0 Å². The van der Waals surface area contributed by atoms with Gasteiger partial charge in [-0.05, 0) is 24.3 Å². The van der Waals surface area contributed by atoms with E-state index in [1.807, 2.05) is 0 Å². The van der Waals surface area contributed by atoms with Crippen LogP contribution in [-0.4, -0.2) is 25.6 Å². The summed E-state index contributed by atoms with van der Waals surface area (Å²) in [6, 6.07) is 11.1. The maximum absolute atomic E-state index is 12.0. The first-order valence-corrected chi connectivity index (χ1v) is 7.27. The van der Waals surface area contributed by atoms with Crippen LogP contribution >= 0.6 is 0 Å². The molecule has 9 nitrogen and oxygen atoms in total. The van der Waals surface area contributed by atoms with Gasteiger partial charge in [-0.15, -0.1) is 0 Å². The number of aryl methyl sites for hydroxylation is 1. The van der Waals surface area contributed by atoms with Crippen molar-refractivity contribution in [1.29, 1.82) is 0 Å². The number of hydrogen-bond donors (Lipinski definition) is 2. The van der Waals surface area contributed by atoms with Gasteiger partial charge in [0.2, 0.25) is 0 Å². The zero-order valence-corrected chi connectivity index (χ0v) is 13.2. The lowest BCUT2D eigenvalue weighted by Crippen LogP contribution is -2.14. The van der Waals surface area contributed by atoms with E-state index in [0.717, 1.165) is 0 Å². The molecule has 2 heterocycles. The zero-order chi connectivity index (χ0) is 18.0. The summed E-state index contributed by atoms with van der Waals surface area (Å²) in [5, 5.41) is 18.1. The van der Waals surface area contributed by atoms with E-state index in [9.17, 15) is 14.9 Å². The van der Waals surface area contributed by atoms with Crippen molar-refractivity contribution in [3.05, 3.63) is 64.3 Å². The van der Waals surface area contributed by atoms with E-state index in [0.29, 0.717) is 22.9 Å². The van der Waals surface area contributed by atoms with Gasteiger partial charge < -0.3 is 11.1 Å². The molecule has 0 aliphatic heterocycles. The molecule has 0 saturated carbocycles. The number of nitrogens with zero attached hydrogens (tertiary/aromatic N) is 4. The van der Waals surface area contributed by atoms with E-state index in [4.69, 9.17) is 5.73 Å². The molecule has 9 heteroatoms. The topological polar surface area (TPSA) is 129 Å². The average molecular weight is 338 g/mol. The van der Waals surface area contributed by atoms with Gasteiger partial charge in [0.05, 0.1) is 4.92 Å². The standard InChI is InChI=1S/C16H14N6O3/c1-21-16(19-12-4-2-3-9-18-12)13(15(17)23)14(20-21)10-5-7-11(8-6-10)22(24)25/h2-9H,1H3,(H2,17,23)(H,18,19). The normalized spacial score (nSPS) is 10.4. The molecule has 3 N–H and O–H groups in total. The lowest BCUT2D eigenvalue weighted by Gasteiger charge is -2.07. The molecule has 1 aromatic carbocycles. The molecular formula is C16H14N6O3. The van der Waals surface area contributed by atoms with Crippen LogP contribution in [0.4, 0.5) is 17.3 Å². The van der Waals surface area contributed by atoms with Gasteiger partial charge in [-0.25, -0.2) is 4.98 Å². The van der Waals surface area contributed by atoms with Gasteiger partial charge in [0.1, 0.15) is 22.9 Å². The predicted molar refractivity (Wildman–Crippen MR) is 91.3 cm³/mol. The first-order valence-electron chi connectivity index (χ1n) is 7.27. The second kappa shape index (κ2) is 6.40. The number of carbonyl (C=O) groups is 1. The number of nitrogens with two attached hydrogens (primary N) is 1. The monoisotopic (exact) mass is 338 g/mol. The SMILES string of the molecule is Cn1nc(-c2ccc([N+](=O)[O-])cc2)c(C(N)=O)c1Nc1ccccn1. The number of amides is 1. The Labute approximate surface area is 142 Å². The van der Waals surface area contributed by atoms with Gasteiger partial charge in [0, 0.05) is 30.9 Å². The summed E-state index contributed by atoms with van der Waals surface area (Å²) in [6.45, 7) is 0. The Bertz CT molecular complexity index is 935. The number of aromatic nitrogens is 3. The van der Waals surface area contributed by atoms with Crippen molar-refractivity contribution in [2.24, 2.45) is 12.8 Å². The quantitative estimate of drug-likeness (QED) is 0.542. The van der Waals surface area contributed by atoms with Crippen LogP contribution in [0.5, 0.6) is 0 Å². The summed E-state index contributed by atoms with van der Waals surface area (Å²) < 4.78 is 1.48. The Balaban J connectivity index is 2.07. The van der Waals surface area contributed by atoms with Gasteiger partial charge in [0.15, 0.2) is 0 Å². The van der Waals surface area contributed by atoms with Crippen molar-refractivity contribution in [3.63, 3.8) is 0 Å². The average Bonchev–Trinajstić information content (AvgIpc) is 2.92. The molecule has 1 amide bonds. The van der Waals surface area contributed by atoms with Gasteiger partial charge in [-0.2, -0.15) is 5.10 Å². The van der Waals surface area contributed by atoms with Gasteiger partial charge in [0.25, 0.3) is 11.6 Å². The summed E-state index contributed by atoms with van der Waals surface area (Å²) in [7, 11) is 1.66. The summed E-state index contributed by atoms with van der Waals surface area (Å²) >= 11 is 0. The van der Waals surface area contributed by atoms with Crippen LogP contribution in [-0.2, 0) is 7.05 Å². The lowest BCUT2D eigenvalue weighted by molar-refractivity contribution is -0.384. The third-order valence-corrected chi connectivity index (χ3v) is 3.56. The molecule has 0 spiro atoms. The van der Waals surface area contributed by atoms with E-state index in [-0.39, 0.29) is 11.3 Å². The fraction of sp³-hybridized carbons (Fsp3) is 0.0625. The third kappa shape index (κ3) is 3.15. The number of carbonyl (C=O) groups excluding carboxylic acids is 1. The molecule has 126 valence electrons. The highest BCUT2D eigenvalue weighted by atomic mass is 16.6. The summed E-state index contributed by atoms with van der Waals surface area (Å²) in [6.07, 6.45) is 1.61. The number of anilines is 2. The maximum atomic E-state index is 12.0. The van der Waals surface area contributed by atoms with E-state index in [2.05, 4.69) is 15.4 Å². The molecular weight excluding hydrogens is 324 g/mol. The molecule has 0 fully saturated rings. The van der Waals surface area contributed by atoms with Crippen molar-refractivity contribution in [2.75, 3.05) is 5.32 Å². The van der Waals surface area contributed by atoms with E-state index in [1.54, 1.807) is 31.4 Å². The van der Waals surface area contributed by atoms with Gasteiger partial charge in [-0.3, -0.25) is 19.6 Å². The summed E-state index contributed by atoms with van der Waals surface area (Å²) in [5.41, 5.74) is 6.55.